The van der Waals surface area contributed by atoms with Crippen molar-refractivity contribution < 1.29 is 29.3 Å². The summed E-state index contributed by atoms with van der Waals surface area (Å²) in [6.45, 7) is 11.3. The van der Waals surface area contributed by atoms with E-state index < -0.39 is 30.4 Å². The fourth-order valence-electron chi connectivity index (χ4n) is 1.30. The van der Waals surface area contributed by atoms with Crippen molar-refractivity contribution >= 4 is 11.9 Å². The third kappa shape index (κ3) is 6.49. The zero-order chi connectivity index (χ0) is 15.9. The number of carbonyl (C=O) groups excluding carboxylic acids is 2. The maximum Gasteiger partial charge on any atom is 0.376 e. The summed E-state index contributed by atoms with van der Waals surface area (Å²) in [6.07, 6.45) is -0.419. The van der Waals surface area contributed by atoms with Crippen LogP contribution in [0.25, 0.3) is 0 Å². The molecule has 0 radical (unpaired) electrons. The molecular formula is C14H22O6. The van der Waals surface area contributed by atoms with Crippen LogP contribution in [-0.2, 0) is 19.1 Å². The quantitative estimate of drug-likeness (QED) is 0.398. The highest BCUT2D eigenvalue weighted by Crippen LogP contribution is 2.22. The molecule has 1 unspecified atom stereocenters. The number of carbonyl (C=O) groups is 2. The molecule has 0 aromatic rings. The van der Waals surface area contributed by atoms with Crippen LogP contribution in [0.1, 0.15) is 40.0 Å². The van der Waals surface area contributed by atoms with Gasteiger partial charge in [-0.25, -0.2) is 9.59 Å². The van der Waals surface area contributed by atoms with Crippen molar-refractivity contribution in [1.29, 1.82) is 0 Å². The second kappa shape index (κ2) is 7.81. The van der Waals surface area contributed by atoms with Gasteiger partial charge in [0.1, 0.15) is 0 Å². The molecule has 6 heteroatoms. The lowest BCUT2D eigenvalue weighted by atomic mass is 10.1. The minimum atomic E-state index is -2.54. The standard InChI is InChI=1S/C14H22O6/c1-6-7-11(15)8-14(18,19-12(16)9(2)3)20-13(17)10(4)5/h11,15,18H,2,4,6-8H2,1,3,5H3. The molecule has 114 valence electrons. The largest absolute Gasteiger partial charge is 0.394 e. The van der Waals surface area contributed by atoms with Gasteiger partial charge in [-0.15, -0.1) is 0 Å². The third-order valence-corrected chi connectivity index (χ3v) is 2.32. The Balaban J connectivity index is 5.01. The number of rotatable bonds is 8. The van der Waals surface area contributed by atoms with Crippen LogP contribution in [0.5, 0.6) is 0 Å². The van der Waals surface area contributed by atoms with Gasteiger partial charge >= 0.3 is 17.9 Å². The molecule has 0 bridgehead atoms. The normalized spacial score (nSPS) is 12.4. The Kier molecular flexibility index (Phi) is 7.17. The average Bonchev–Trinajstić information content (AvgIpc) is 2.27. The fraction of sp³-hybridized carbons (Fsp3) is 0.571. The van der Waals surface area contributed by atoms with Gasteiger partial charge in [-0.2, -0.15) is 0 Å². The second-order valence-corrected chi connectivity index (χ2v) is 4.70. The van der Waals surface area contributed by atoms with Gasteiger partial charge in [0.15, 0.2) is 0 Å². The molecule has 2 N–H and O–H groups in total. The van der Waals surface area contributed by atoms with E-state index >= 15 is 0 Å². The van der Waals surface area contributed by atoms with Gasteiger partial charge in [0.05, 0.1) is 12.5 Å². The van der Waals surface area contributed by atoms with Crippen molar-refractivity contribution in [2.45, 2.75) is 52.1 Å². The van der Waals surface area contributed by atoms with Crippen LogP contribution >= 0.6 is 0 Å². The summed E-state index contributed by atoms with van der Waals surface area (Å²) >= 11 is 0. The molecule has 0 aromatic heterocycles. The number of ether oxygens (including phenoxy) is 2. The van der Waals surface area contributed by atoms with Crippen molar-refractivity contribution in [3.8, 4) is 0 Å². The number of esters is 2. The van der Waals surface area contributed by atoms with E-state index in [9.17, 15) is 19.8 Å². The highest BCUT2D eigenvalue weighted by molar-refractivity contribution is 5.88. The molecule has 0 aliphatic heterocycles. The lowest BCUT2D eigenvalue weighted by Gasteiger charge is -2.28. The van der Waals surface area contributed by atoms with Gasteiger partial charge in [-0.05, 0) is 20.3 Å². The number of aliphatic hydroxyl groups excluding tert-OH is 1. The second-order valence-electron chi connectivity index (χ2n) is 4.70. The first-order chi connectivity index (χ1) is 9.11. The molecule has 0 saturated carbocycles. The molecule has 0 heterocycles. The first kappa shape index (κ1) is 18.3. The van der Waals surface area contributed by atoms with E-state index in [1.165, 1.54) is 13.8 Å². The predicted octanol–water partition coefficient (Wildman–Crippen LogP) is 1.42. The first-order valence-electron chi connectivity index (χ1n) is 6.29. The zero-order valence-corrected chi connectivity index (χ0v) is 12.1. The Bertz CT molecular complexity index is 370. The monoisotopic (exact) mass is 286 g/mol. The van der Waals surface area contributed by atoms with Gasteiger partial charge < -0.3 is 19.7 Å². The molecule has 0 spiro atoms. The highest BCUT2D eigenvalue weighted by atomic mass is 16.8. The van der Waals surface area contributed by atoms with Crippen molar-refractivity contribution in [2.24, 2.45) is 0 Å². The average molecular weight is 286 g/mol. The molecule has 0 aliphatic rings. The molecule has 1 atom stereocenters. The lowest BCUT2D eigenvalue weighted by molar-refractivity contribution is -0.331. The molecule has 0 aliphatic carbocycles. The molecule has 0 aromatic carbocycles. The first-order valence-corrected chi connectivity index (χ1v) is 6.29. The summed E-state index contributed by atoms with van der Waals surface area (Å²) in [5.41, 5.74) is 0.0551. The Labute approximate surface area is 118 Å². The summed E-state index contributed by atoms with van der Waals surface area (Å²) < 4.78 is 9.42. The van der Waals surface area contributed by atoms with Crippen LogP contribution in [0, 0.1) is 0 Å². The van der Waals surface area contributed by atoms with Gasteiger partial charge in [0.2, 0.25) is 0 Å². The maximum atomic E-state index is 11.5. The third-order valence-electron chi connectivity index (χ3n) is 2.32. The van der Waals surface area contributed by atoms with Gasteiger partial charge in [-0.1, -0.05) is 26.5 Å². The minimum absolute atomic E-state index is 0.0276. The van der Waals surface area contributed by atoms with E-state index in [0.717, 1.165) is 0 Å². The summed E-state index contributed by atoms with van der Waals surface area (Å²) in [6, 6.07) is 0. The van der Waals surface area contributed by atoms with Crippen LogP contribution in [-0.4, -0.2) is 34.2 Å². The van der Waals surface area contributed by atoms with Crippen LogP contribution in [0.15, 0.2) is 24.3 Å². The van der Waals surface area contributed by atoms with Crippen molar-refractivity contribution in [2.75, 3.05) is 0 Å². The highest BCUT2D eigenvalue weighted by Gasteiger charge is 2.39. The van der Waals surface area contributed by atoms with Crippen molar-refractivity contribution in [3.05, 3.63) is 24.3 Å². The predicted molar refractivity (Wildman–Crippen MR) is 72.3 cm³/mol. The van der Waals surface area contributed by atoms with Crippen LogP contribution in [0.2, 0.25) is 0 Å². The van der Waals surface area contributed by atoms with E-state index in [2.05, 4.69) is 13.2 Å². The maximum absolute atomic E-state index is 11.5. The van der Waals surface area contributed by atoms with Gasteiger partial charge in [-0.3, -0.25) is 0 Å². The topological polar surface area (TPSA) is 93.1 Å². The molecule has 20 heavy (non-hydrogen) atoms. The molecular weight excluding hydrogens is 264 g/mol. The van der Waals surface area contributed by atoms with Crippen LogP contribution < -0.4 is 0 Å². The van der Waals surface area contributed by atoms with E-state index in [-0.39, 0.29) is 11.1 Å². The van der Waals surface area contributed by atoms with Gasteiger partial charge in [0.25, 0.3) is 0 Å². The molecule has 6 nitrogen and oxygen atoms in total. The lowest BCUT2D eigenvalue weighted by Crippen LogP contribution is -2.43. The van der Waals surface area contributed by atoms with E-state index in [1.807, 2.05) is 6.92 Å². The smallest absolute Gasteiger partial charge is 0.376 e. The Morgan fingerprint density at radius 1 is 1.15 bits per heavy atom. The van der Waals surface area contributed by atoms with E-state index in [4.69, 9.17) is 9.47 Å². The van der Waals surface area contributed by atoms with Crippen LogP contribution in [0.4, 0.5) is 0 Å². The SMILES string of the molecule is C=C(C)C(=O)OC(O)(CC(O)CCC)OC(=O)C(=C)C. The summed E-state index contributed by atoms with van der Waals surface area (Å²) in [4.78, 5) is 22.9. The van der Waals surface area contributed by atoms with Crippen molar-refractivity contribution in [1.82, 2.24) is 0 Å². The summed E-state index contributed by atoms with van der Waals surface area (Å²) in [7, 11) is 0. The fourth-order valence-corrected chi connectivity index (χ4v) is 1.30. The molecule has 0 rings (SSSR count). The van der Waals surface area contributed by atoms with Gasteiger partial charge in [0, 0.05) is 11.1 Å². The number of hydrogen-bond donors (Lipinski definition) is 2. The summed E-state index contributed by atoms with van der Waals surface area (Å²) in [5, 5.41) is 19.8. The number of aliphatic hydroxyl groups is 2. The molecule has 0 amide bonds. The van der Waals surface area contributed by atoms with Crippen LogP contribution in [0.3, 0.4) is 0 Å². The summed E-state index contributed by atoms with van der Waals surface area (Å²) in [5.74, 6) is -4.39. The van der Waals surface area contributed by atoms with E-state index in [0.29, 0.717) is 12.8 Å². The molecule has 0 saturated heterocycles. The van der Waals surface area contributed by atoms with Crippen molar-refractivity contribution in [3.63, 3.8) is 0 Å². The zero-order valence-electron chi connectivity index (χ0n) is 12.1. The Morgan fingerprint density at radius 2 is 1.55 bits per heavy atom. The minimum Gasteiger partial charge on any atom is -0.394 e. The van der Waals surface area contributed by atoms with E-state index in [1.54, 1.807) is 0 Å². The Morgan fingerprint density at radius 3 is 1.85 bits per heavy atom. The Hall–Kier alpha value is -1.66. The molecule has 0 fully saturated rings. The number of hydrogen-bond acceptors (Lipinski definition) is 6.